The van der Waals surface area contributed by atoms with Gasteiger partial charge in [-0.2, -0.15) is 0 Å². The van der Waals surface area contributed by atoms with Crippen molar-refractivity contribution in [3.05, 3.63) is 46.2 Å². The molecule has 3 heteroatoms. The summed E-state index contributed by atoms with van der Waals surface area (Å²) in [5.41, 5.74) is 1.25. The van der Waals surface area contributed by atoms with E-state index in [1.807, 2.05) is 24.3 Å². The molecule has 0 bridgehead atoms. The number of para-hydroxylation sites is 1. The molecule has 0 fully saturated rings. The largest absolute Gasteiger partial charge is 0.392 e. The van der Waals surface area contributed by atoms with Crippen LogP contribution in [0.2, 0.25) is 0 Å². The number of hydrogen-bond donors (Lipinski definition) is 2. The molecular formula is C10H9NO2. The van der Waals surface area contributed by atoms with Crippen LogP contribution in [-0.4, -0.2) is 10.1 Å². The first-order chi connectivity index (χ1) is 6.31. The van der Waals surface area contributed by atoms with Gasteiger partial charge >= 0.3 is 0 Å². The third-order valence-electron chi connectivity index (χ3n) is 2.01. The highest BCUT2D eigenvalue weighted by molar-refractivity contribution is 5.81. The zero-order chi connectivity index (χ0) is 9.26. The number of rotatable bonds is 1. The van der Waals surface area contributed by atoms with E-state index < -0.39 is 0 Å². The molecule has 0 spiro atoms. The lowest BCUT2D eigenvalue weighted by molar-refractivity contribution is 0.283. The molecule has 3 nitrogen and oxygen atoms in total. The number of hydrogen-bond acceptors (Lipinski definition) is 2. The molecule has 0 amide bonds. The van der Waals surface area contributed by atoms with Crippen LogP contribution < -0.4 is 5.56 Å². The first kappa shape index (κ1) is 8.01. The van der Waals surface area contributed by atoms with Gasteiger partial charge in [-0.3, -0.25) is 4.79 Å². The molecule has 0 aliphatic heterocycles. The van der Waals surface area contributed by atoms with Crippen molar-refractivity contribution in [2.45, 2.75) is 6.61 Å². The highest BCUT2D eigenvalue weighted by atomic mass is 16.3. The standard InChI is InChI=1S/C10H9NO2/c12-6-7-5-10(13)11-9-4-2-1-3-8(7)9/h1-5,12H,6H2,(H,11,13). The Hall–Kier alpha value is -1.61. The Morgan fingerprint density at radius 2 is 2.08 bits per heavy atom. The van der Waals surface area contributed by atoms with E-state index in [0.717, 1.165) is 10.9 Å². The van der Waals surface area contributed by atoms with Gasteiger partial charge in [-0.05, 0) is 11.6 Å². The summed E-state index contributed by atoms with van der Waals surface area (Å²) in [6.07, 6.45) is 0. The minimum Gasteiger partial charge on any atom is -0.392 e. The molecule has 0 radical (unpaired) electrons. The maximum Gasteiger partial charge on any atom is 0.248 e. The van der Waals surface area contributed by atoms with Gasteiger partial charge < -0.3 is 10.1 Å². The van der Waals surface area contributed by atoms with E-state index in [1.54, 1.807) is 0 Å². The Morgan fingerprint density at radius 1 is 1.31 bits per heavy atom. The van der Waals surface area contributed by atoms with Gasteiger partial charge in [0.1, 0.15) is 0 Å². The van der Waals surface area contributed by atoms with Crippen molar-refractivity contribution in [3.63, 3.8) is 0 Å². The lowest BCUT2D eigenvalue weighted by Crippen LogP contribution is -2.06. The quantitative estimate of drug-likeness (QED) is 0.679. The van der Waals surface area contributed by atoms with Gasteiger partial charge in [0.05, 0.1) is 6.61 Å². The molecule has 2 rings (SSSR count). The summed E-state index contributed by atoms with van der Waals surface area (Å²) in [5.74, 6) is 0. The van der Waals surface area contributed by atoms with Crippen LogP contribution in [0.4, 0.5) is 0 Å². The van der Waals surface area contributed by atoms with Crippen LogP contribution in [-0.2, 0) is 6.61 Å². The zero-order valence-electron chi connectivity index (χ0n) is 6.95. The number of H-pyrrole nitrogens is 1. The summed E-state index contributed by atoms with van der Waals surface area (Å²) in [5, 5.41) is 9.90. The second-order valence-corrected chi connectivity index (χ2v) is 2.86. The highest BCUT2D eigenvalue weighted by Crippen LogP contribution is 2.13. The van der Waals surface area contributed by atoms with Gasteiger partial charge in [0, 0.05) is 17.0 Å². The summed E-state index contributed by atoms with van der Waals surface area (Å²) >= 11 is 0. The monoisotopic (exact) mass is 175 g/mol. The van der Waals surface area contributed by atoms with Crippen molar-refractivity contribution >= 4 is 10.9 Å². The van der Waals surface area contributed by atoms with E-state index in [1.165, 1.54) is 6.07 Å². The number of fused-ring (bicyclic) bond motifs is 1. The van der Waals surface area contributed by atoms with Crippen LogP contribution in [0.1, 0.15) is 5.56 Å². The molecule has 0 aliphatic rings. The fourth-order valence-electron chi connectivity index (χ4n) is 1.41. The third-order valence-corrected chi connectivity index (χ3v) is 2.01. The summed E-state index contributed by atoms with van der Waals surface area (Å²) in [6.45, 7) is -0.107. The van der Waals surface area contributed by atoms with Crippen LogP contribution >= 0.6 is 0 Å². The fraction of sp³-hybridized carbons (Fsp3) is 0.100. The SMILES string of the molecule is O=c1cc(CO)c2ccccc2[nH]1. The van der Waals surface area contributed by atoms with E-state index in [-0.39, 0.29) is 12.2 Å². The number of aliphatic hydroxyl groups is 1. The Bertz CT molecular complexity index is 487. The Balaban J connectivity index is 2.89. The topological polar surface area (TPSA) is 53.1 Å². The van der Waals surface area contributed by atoms with Crippen molar-refractivity contribution in [2.75, 3.05) is 0 Å². The van der Waals surface area contributed by atoms with Crippen molar-refractivity contribution in [1.82, 2.24) is 4.98 Å². The van der Waals surface area contributed by atoms with Gasteiger partial charge in [0.25, 0.3) is 0 Å². The first-order valence-electron chi connectivity index (χ1n) is 4.03. The van der Waals surface area contributed by atoms with Crippen LogP contribution in [0, 0.1) is 0 Å². The van der Waals surface area contributed by atoms with Crippen molar-refractivity contribution in [1.29, 1.82) is 0 Å². The lowest BCUT2D eigenvalue weighted by Gasteiger charge is -2.01. The summed E-state index contributed by atoms with van der Waals surface area (Å²) < 4.78 is 0. The highest BCUT2D eigenvalue weighted by Gasteiger charge is 2.00. The number of benzene rings is 1. The smallest absolute Gasteiger partial charge is 0.248 e. The summed E-state index contributed by atoms with van der Waals surface area (Å²) in [4.78, 5) is 13.8. The number of aliphatic hydroxyl groups excluding tert-OH is 1. The summed E-state index contributed by atoms with van der Waals surface area (Å²) in [6, 6.07) is 8.83. The molecule has 0 aliphatic carbocycles. The zero-order valence-corrected chi connectivity index (χ0v) is 6.95. The molecule has 13 heavy (non-hydrogen) atoms. The predicted octanol–water partition coefficient (Wildman–Crippen LogP) is 1.02. The summed E-state index contributed by atoms with van der Waals surface area (Å²) in [7, 11) is 0. The Labute approximate surface area is 74.7 Å². The third kappa shape index (κ3) is 1.34. The van der Waals surface area contributed by atoms with Gasteiger partial charge in [-0.25, -0.2) is 0 Å². The molecule has 0 saturated carbocycles. The van der Waals surface area contributed by atoms with Crippen LogP contribution in [0.15, 0.2) is 35.1 Å². The number of aromatic amines is 1. The normalized spacial score (nSPS) is 10.5. The van der Waals surface area contributed by atoms with Crippen molar-refractivity contribution in [2.24, 2.45) is 0 Å². The van der Waals surface area contributed by atoms with Crippen molar-refractivity contribution in [3.8, 4) is 0 Å². The van der Waals surface area contributed by atoms with Gasteiger partial charge in [0.15, 0.2) is 0 Å². The van der Waals surface area contributed by atoms with E-state index in [0.29, 0.717) is 5.56 Å². The van der Waals surface area contributed by atoms with Gasteiger partial charge in [-0.1, -0.05) is 18.2 Å². The molecule has 0 atom stereocenters. The minimum absolute atomic E-state index is 0.107. The first-order valence-corrected chi connectivity index (χ1v) is 4.03. The fourth-order valence-corrected chi connectivity index (χ4v) is 1.41. The van der Waals surface area contributed by atoms with Crippen LogP contribution in [0.25, 0.3) is 10.9 Å². The average molecular weight is 175 g/mol. The molecule has 0 unspecified atom stereocenters. The van der Waals surface area contributed by atoms with Crippen LogP contribution in [0.5, 0.6) is 0 Å². The van der Waals surface area contributed by atoms with E-state index in [2.05, 4.69) is 4.98 Å². The molecule has 2 N–H and O–H groups in total. The Morgan fingerprint density at radius 3 is 2.85 bits per heavy atom. The lowest BCUT2D eigenvalue weighted by atomic mass is 10.1. The number of aromatic nitrogens is 1. The maximum atomic E-state index is 11.1. The molecule has 1 aromatic heterocycles. The van der Waals surface area contributed by atoms with Crippen molar-refractivity contribution < 1.29 is 5.11 Å². The Kier molecular flexibility index (Phi) is 1.87. The van der Waals surface area contributed by atoms with Gasteiger partial charge in [-0.15, -0.1) is 0 Å². The molecular weight excluding hydrogens is 166 g/mol. The molecule has 66 valence electrons. The molecule has 1 heterocycles. The molecule has 2 aromatic rings. The minimum atomic E-state index is -0.178. The number of pyridine rings is 1. The van der Waals surface area contributed by atoms with Crippen LogP contribution in [0.3, 0.4) is 0 Å². The predicted molar refractivity (Wildman–Crippen MR) is 50.5 cm³/mol. The number of nitrogens with one attached hydrogen (secondary N) is 1. The average Bonchev–Trinajstić information content (AvgIpc) is 2.16. The molecule has 1 aromatic carbocycles. The van der Waals surface area contributed by atoms with E-state index in [4.69, 9.17) is 5.11 Å². The second kappa shape index (κ2) is 3.03. The van der Waals surface area contributed by atoms with E-state index >= 15 is 0 Å². The maximum absolute atomic E-state index is 11.1. The second-order valence-electron chi connectivity index (χ2n) is 2.86. The van der Waals surface area contributed by atoms with E-state index in [9.17, 15) is 4.79 Å². The molecule has 0 saturated heterocycles. The van der Waals surface area contributed by atoms with Gasteiger partial charge in [0.2, 0.25) is 5.56 Å².